The normalized spacial score (nSPS) is 23.2. The van der Waals surface area contributed by atoms with Gasteiger partial charge in [0.05, 0.1) is 0 Å². The van der Waals surface area contributed by atoms with Crippen molar-refractivity contribution in [2.45, 2.75) is 51.5 Å². The van der Waals surface area contributed by atoms with Gasteiger partial charge in [0.2, 0.25) is 0 Å². The van der Waals surface area contributed by atoms with Crippen LogP contribution in [-0.4, -0.2) is 6.04 Å². The van der Waals surface area contributed by atoms with Crippen molar-refractivity contribution in [3.63, 3.8) is 0 Å². The monoisotopic (exact) mass is 167 g/mol. The van der Waals surface area contributed by atoms with Crippen molar-refractivity contribution in [2.75, 3.05) is 0 Å². The van der Waals surface area contributed by atoms with Gasteiger partial charge in [-0.05, 0) is 19.3 Å². The molecule has 1 aliphatic carbocycles. The second-order valence-electron chi connectivity index (χ2n) is 4.03. The number of allylic oxidation sites excluding steroid dienone is 1. The maximum Gasteiger partial charge on any atom is 0.0194 e. The molecular weight excluding hydrogens is 146 g/mol. The van der Waals surface area contributed by atoms with Crippen LogP contribution in [0.4, 0.5) is 0 Å². The molecule has 0 aromatic rings. The molecule has 1 fully saturated rings. The third-order valence-corrected chi connectivity index (χ3v) is 2.63. The number of nitrogens with two attached hydrogens (primary N) is 1. The zero-order valence-corrected chi connectivity index (χ0v) is 8.13. The predicted molar refractivity (Wildman–Crippen MR) is 54.0 cm³/mol. The summed E-state index contributed by atoms with van der Waals surface area (Å²) in [6, 6.07) is 0.230. The molecule has 0 aliphatic heterocycles. The van der Waals surface area contributed by atoms with E-state index in [4.69, 9.17) is 5.73 Å². The molecular formula is C11H21N. The lowest BCUT2D eigenvalue weighted by atomic mass is 9.87. The summed E-state index contributed by atoms with van der Waals surface area (Å²) >= 11 is 0. The highest BCUT2D eigenvalue weighted by molar-refractivity contribution is 4.90. The Kier molecular flexibility index (Phi) is 4.37. The minimum absolute atomic E-state index is 0.230. The first kappa shape index (κ1) is 9.79. The lowest BCUT2D eigenvalue weighted by Crippen LogP contribution is -2.11. The Morgan fingerprint density at radius 2 is 2.00 bits per heavy atom. The summed E-state index contributed by atoms with van der Waals surface area (Å²) in [5, 5.41) is 0. The van der Waals surface area contributed by atoms with Crippen LogP contribution in [-0.2, 0) is 0 Å². The van der Waals surface area contributed by atoms with Gasteiger partial charge >= 0.3 is 0 Å². The third kappa shape index (κ3) is 3.91. The van der Waals surface area contributed by atoms with Gasteiger partial charge in [0.15, 0.2) is 0 Å². The molecule has 0 bridgehead atoms. The van der Waals surface area contributed by atoms with Crippen LogP contribution >= 0.6 is 0 Å². The topological polar surface area (TPSA) is 26.0 Å². The van der Waals surface area contributed by atoms with E-state index in [-0.39, 0.29) is 6.04 Å². The molecule has 0 radical (unpaired) electrons. The molecule has 12 heavy (non-hydrogen) atoms. The van der Waals surface area contributed by atoms with Gasteiger partial charge in [-0.25, -0.2) is 0 Å². The zero-order chi connectivity index (χ0) is 8.81. The smallest absolute Gasteiger partial charge is 0.0194 e. The third-order valence-electron chi connectivity index (χ3n) is 2.63. The molecule has 2 N–H and O–H groups in total. The fraction of sp³-hybridized carbons (Fsp3) is 0.818. The summed E-state index contributed by atoms with van der Waals surface area (Å²) in [6.07, 6.45) is 12.8. The Hall–Kier alpha value is -0.300. The van der Waals surface area contributed by atoms with Crippen molar-refractivity contribution in [3.8, 4) is 0 Å². The van der Waals surface area contributed by atoms with E-state index in [1.54, 1.807) is 0 Å². The molecule has 1 heteroatoms. The standard InChI is InChI=1S/C11H21N/c1-10(12)6-5-9-11-7-3-2-4-8-11/h5-6,10-11H,2-4,7-9,12H2,1H3/b6-5+. The molecule has 1 atom stereocenters. The number of hydrogen-bond acceptors (Lipinski definition) is 1. The van der Waals surface area contributed by atoms with Crippen LogP contribution < -0.4 is 5.73 Å². The molecule has 1 nitrogen and oxygen atoms in total. The second-order valence-corrected chi connectivity index (χ2v) is 4.03. The van der Waals surface area contributed by atoms with Gasteiger partial charge < -0.3 is 5.73 Å². The molecule has 0 heterocycles. The lowest BCUT2D eigenvalue weighted by molar-refractivity contribution is 0.361. The maximum atomic E-state index is 5.62. The summed E-state index contributed by atoms with van der Waals surface area (Å²) < 4.78 is 0. The highest BCUT2D eigenvalue weighted by Gasteiger charge is 2.10. The first-order chi connectivity index (χ1) is 5.79. The van der Waals surface area contributed by atoms with Crippen LogP contribution in [0.15, 0.2) is 12.2 Å². The van der Waals surface area contributed by atoms with Gasteiger partial charge in [0.1, 0.15) is 0 Å². The van der Waals surface area contributed by atoms with Crippen molar-refractivity contribution in [3.05, 3.63) is 12.2 Å². The van der Waals surface area contributed by atoms with Gasteiger partial charge in [-0.3, -0.25) is 0 Å². The average molecular weight is 167 g/mol. The second kappa shape index (κ2) is 5.36. The molecule has 0 saturated heterocycles. The summed E-state index contributed by atoms with van der Waals surface area (Å²) in [7, 11) is 0. The van der Waals surface area contributed by atoms with Crippen LogP contribution in [0.3, 0.4) is 0 Å². The fourth-order valence-corrected chi connectivity index (χ4v) is 1.91. The molecule has 1 aliphatic rings. The largest absolute Gasteiger partial charge is 0.325 e. The first-order valence-electron chi connectivity index (χ1n) is 5.21. The number of rotatable bonds is 3. The Bertz CT molecular complexity index is 132. The molecule has 1 unspecified atom stereocenters. The maximum absolute atomic E-state index is 5.62. The van der Waals surface area contributed by atoms with E-state index in [1.165, 1.54) is 38.5 Å². The van der Waals surface area contributed by atoms with Gasteiger partial charge in [-0.2, -0.15) is 0 Å². The van der Waals surface area contributed by atoms with Gasteiger partial charge in [0, 0.05) is 6.04 Å². The first-order valence-corrected chi connectivity index (χ1v) is 5.21. The van der Waals surface area contributed by atoms with E-state index in [0.717, 1.165) is 5.92 Å². The van der Waals surface area contributed by atoms with Crippen LogP contribution in [0.25, 0.3) is 0 Å². The minimum Gasteiger partial charge on any atom is -0.325 e. The van der Waals surface area contributed by atoms with Crippen molar-refractivity contribution in [1.29, 1.82) is 0 Å². The van der Waals surface area contributed by atoms with Crippen molar-refractivity contribution >= 4 is 0 Å². The van der Waals surface area contributed by atoms with Crippen LogP contribution in [0, 0.1) is 5.92 Å². The van der Waals surface area contributed by atoms with Crippen LogP contribution in [0.5, 0.6) is 0 Å². The Labute approximate surface area is 76.0 Å². The molecule has 0 aromatic carbocycles. The van der Waals surface area contributed by atoms with E-state index < -0.39 is 0 Å². The molecule has 1 rings (SSSR count). The van der Waals surface area contributed by atoms with Crippen molar-refractivity contribution in [1.82, 2.24) is 0 Å². The zero-order valence-electron chi connectivity index (χ0n) is 8.13. The summed E-state index contributed by atoms with van der Waals surface area (Å²) in [5.41, 5.74) is 5.62. The molecule has 70 valence electrons. The van der Waals surface area contributed by atoms with E-state index >= 15 is 0 Å². The average Bonchev–Trinajstić information content (AvgIpc) is 2.05. The molecule has 0 aromatic heterocycles. The van der Waals surface area contributed by atoms with Crippen molar-refractivity contribution in [2.24, 2.45) is 11.7 Å². The molecule has 1 saturated carbocycles. The van der Waals surface area contributed by atoms with Crippen LogP contribution in [0.1, 0.15) is 45.4 Å². The summed E-state index contributed by atoms with van der Waals surface area (Å²) in [5.74, 6) is 0.953. The Morgan fingerprint density at radius 3 is 2.58 bits per heavy atom. The van der Waals surface area contributed by atoms with E-state index in [9.17, 15) is 0 Å². The Morgan fingerprint density at radius 1 is 1.33 bits per heavy atom. The lowest BCUT2D eigenvalue weighted by Gasteiger charge is -2.19. The SMILES string of the molecule is CC(N)/C=C/CC1CCCCC1. The molecule has 0 spiro atoms. The Balaban J connectivity index is 2.12. The fourth-order valence-electron chi connectivity index (χ4n) is 1.91. The summed E-state index contributed by atoms with van der Waals surface area (Å²) in [4.78, 5) is 0. The van der Waals surface area contributed by atoms with Gasteiger partial charge in [0.25, 0.3) is 0 Å². The highest BCUT2D eigenvalue weighted by Crippen LogP contribution is 2.26. The predicted octanol–water partition coefficient (Wildman–Crippen LogP) is 2.86. The molecule has 0 amide bonds. The summed E-state index contributed by atoms with van der Waals surface area (Å²) in [6.45, 7) is 2.03. The van der Waals surface area contributed by atoms with Crippen LogP contribution in [0.2, 0.25) is 0 Å². The highest BCUT2D eigenvalue weighted by atomic mass is 14.6. The van der Waals surface area contributed by atoms with Crippen molar-refractivity contribution < 1.29 is 0 Å². The van der Waals surface area contributed by atoms with E-state index in [1.807, 2.05) is 6.92 Å². The number of hydrogen-bond donors (Lipinski definition) is 1. The van der Waals surface area contributed by atoms with Gasteiger partial charge in [-0.15, -0.1) is 0 Å². The van der Waals surface area contributed by atoms with E-state index in [0.29, 0.717) is 0 Å². The quantitative estimate of drug-likeness (QED) is 0.643. The minimum atomic E-state index is 0.230. The van der Waals surface area contributed by atoms with E-state index in [2.05, 4.69) is 12.2 Å². The van der Waals surface area contributed by atoms with Gasteiger partial charge in [-0.1, -0.05) is 44.3 Å².